The minimum Gasteiger partial charge on any atom is -0.481 e. The van der Waals surface area contributed by atoms with Gasteiger partial charge in [0.1, 0.15) is 5.92 Å². The number of carboxylic acid groups (broad SMARTS) is 1. The fourth-order valence-electron chi connectivity index (χ4n) is 1.66. The van der Waals surface area contributed by atoms with Crippen LogP contribution in [0.3, 0.4) is 0 Å². The second-order valence-electron chi connectivity index (χ2n) is 3.05. The number of carboxylic acids is 1. The zero-order valence-electron chi connectivity index (χ0n) is 5.10. The van der Waals surface area contributed by atoms with E-state index < -0.39 is 23.2 Å². The van der Waals surface area contributed by atoms with Crippen LogP contribution in [0.5, 0.6) is 0 Å². The molecule has 0 heterocycles. The molecular formula is C6H6F2O2. The van der Waals surface area contributed by atoms with Gasteiger partial charge in [0.25, 0.3) is 5.92 Å². The van der Waals surface area contributed by atoms with Gasteiger partial charge in [-0.15, -0.1) is 0 Å². The number of rotatable bonds is 1. The maximum Gasteiger partial charge on any atom is 0.313 e. The molecule has 0 amide bonds. The van der Waals surface area contributed by atoms with Crippen molar-refractivity contribution in [3.8, 4) is 0 Å². The normalized spacial score (nSPS) is 37.6. The fraction of sp³-hybridized carbons (Fsp3) is 0.833. The van der Waals surface area contributed by atoms with Crippen molar-refractivity contribution < 1.29 is 18.7 Å². The Hall–Kier alpha value is -0.670. The van der Waals surface area contributed by atoms with Crippen LogP contribution in [0, 0.1) is 11.3 Å². The van der Waals surface area contributed by atoms with Gasteiger partial charge < -0.3 is 5.11 Å². The van der Waals surface area contributed by atoms with Gasteiger partial charge in [0.2, 0.25) is 0 Å². The lowest BCUT2D eigenvalue weighted by Gasteiger charge is -1.86. The monoisotopic (exact) mass is 148 g/mol. The second-order valence-corrected chi connectivity index (χ2v) is 3.05. The number of halogens is 2. The van der Waals surface area contributed by atoms with Crippen molar-refractivity contribution in [3.63, 3.8) is 0 Å². The molecule has 0 aromatic heterocycles. The van der Waals surface area contributed by atoms with E-state index in [9.17, 15) is 13.6 Å². The molecule has 2 aliphatic rings. The van der Waals surface area contributed by atoms with E-state index in [1.165, 1.54) is 0 Å². The van der Waals surface area contributed by atoms with Crippen LogP contribution < -0.4 is 0 Å². The molecule has 56 valence electrons. The molecule has 1 unspecified atom stereocenters. The molecule has 0 aliphatic heterocycles. The first kappa shape index (κ1) is 6.07. The summed E-state index contributed by atoms with van der Waals surface area (Å²) >= 11 is 0. The van der Waals surface area contributed by atoms with Crippen molar-refractivity contribution in [1.82, 2.24) is 0 Å². The van der Waals surface area contributed by atoms with Gasteiger partial charge in [0, 0.05) is 0 Å². The third kappa shape index (κ3) is 0.393. The highest BCUT2D eigenvalue weighted by molar-refractivity contribution is 5.78. The summed E-state index contributed by atoms with van der Waals surface area (Å²) in [6.07, 6.45) is 0.772. The van der Waals surface area contributed by atoms with E-state index in [1.54, 1.807) is 0 Å². The topological polar surface area (TPSA) is 37.3 Å². The van der Waals surface area contributed by atoms with E-state index in [1.807, 2.05) is 0 Å². The van der Waals surface area contributed by atoms with Gasteiger partial charge in [-0.1, -0.05) is 0 Å². The Balaban J connectivity index is 2.23. The SMILES string of the molecule is O=C(O)C1C(F)(F)C12CC2. The Labute approximate surface area is 55.8 Å². The summed E-state index contributed by atoms with van der Waals surface area (Å²) in [5.41, 5.74) is -1.10. The van der Waals surface area contributed by atoms with Gasteiger partial charge >= 0.3 is 5.97 Å². The number of hydrogen-bond acceptors (Lipinski definition) is 1. The van der Waals surface area contributed by atoms with Crippen LogP contribution >= 0.6 is 0 Å². The summed E-state index contributed by atoms with van der Waals surface area (Å²) in [7, 11) is 0. The number of aliphatic carboxylic acids is 1. The van der Waals surface area contributed by atoms with E-state index >= 15 is 0 Å². The maximum absolute atomic E-state index is 12.5. The van der Waals surface area contributed by atoms with E-state index in [2.05, 4.69) is 0 Å². The quantitative estimate of drug-likeness (QED) is 0.604. The van der Waals surface area contributed by atoms with Crippen LogP contribution in [0.2, 0.25) is 0 Å². The van der Waals surface area contributed by atoms with Crippen LogP contribution in [0.4, 0.5) is 8.78 Å². The molecule has 10 heavy (non-hydrogen) atoms. The lowest BCUT2D eigenvalue weighted by atomic mass is 10.3. The highest BCUT2D eigenvalue weighted by atomic mass is 19.3. The summed E-state index contributed by atoms with van der Waals surface area (Å²) in [5, 5.41) is 8.28. The molecule has 1 N–H and O–H groups in total. The van der Waals surface area contributed by atoms with Crippen molar-refractivity contribution in [2.45, 2.75) is 18.8 Å². The van der Waals surface area contributed by atoms with Crippen molar-refractivity contribution in [2.75, 3.05) is 0 Å². The molecule has 0 saturated heterocycles. The molecule has 2 aliphatic carbocycles. The molecule has 1 spiro atoms. The zero-order valence-corrected chi connectivity index (χ0v) is 5.10. The van der Waals surface area contributed by atoms with Gasteiger partial charge in [-0.25, -0.2) is 8.78 Å². The average molecular weight is 148 g/mol. The summed E-state index contributed by atoms with van der Waals surface area (Å²) in [6.45, 7) is 0. The molecule has 2 fully saturated rings. The van der Waals surface area contributed by atoms with Gasteiger partial charge in [0.15, 0.2) is 0 Å². The summed E-state index contributed by atoms with van der Waals surface area (Å²) in [4.78, 5) is 10.2. The minimum absolute atomic E-state index is 0.386. The highest BCUT2D eigenvalue weighted by Crippen LogP contribution is 2.79. The minimum atomic E-state index is -2.90. The molecule has 0 aromatic rings. The first-order valence-corrected chi connectivity index (χ1v) is 3.13. The standard InChI is InChI=1S/C6H6F2O2/c7-6(8)3(4(9)10)5(6)1-2-5/h3H,1-2H2,(H,9,10). The highest BCUT2D eigenvalue weighted by Gasteiger charge is 2.89. The second kappa shape index (κ2) is 1.20. The zero-order chi connectivity index (χ0) is 7.57. The van der Waals surface area contributed by atoms with Crippen molar-refractivity contribution in [2.24, 2.45) is 11.3 Å². The van der Waals surface area contributed by atoms with Gasteiger partial charge in [-0.3, -0.25) is 4.79 Å². The number of alkyl halides is 2. The molecule has 4 heteroatoms. The van der Waals surface area contributed by atoms with E-state index in [0.717, 1.165) is 0 Å². The Kier molecular flexibility index (Phi) is 0.727. The van der Waals surface area contributed by atoms with Crippen LogP contribution in [-0.4, -0.2) is 17.0 Å². The molecule has 2 nitrogen and oxygen atoms in total. The van der Waals surface area contributed by atoms with Crippen LogP contribution in [-0.2, 0) is 4.79 Å². The summed E-state index contributed by atoms with van der Waals surface area (Å²) in [6, 6.07) is 0. The number of hydrogen-bond donors (Lipinski definition) is 1. The number of carbonyl (C=O) groups is 1. The smallest absolute Gasteiger partial charge is 0.313 e. The van der Waals surface area contributed by atoms with E-state index in [4.69, 9.17) is 5.11 Å². The molecule has 0 radical (unpaired) electrons. The Morgan fingerprint density at radius 2 is 2.00 bits per heavy atom. The lowest BCUT2D eigenvalue weighted by molar-refractivity contribution is -0.141. The molecule has 2 saturated carbocycles. The van der Waals surface area contributed by atoms with Gasteiger partial charge in [-0.05, 0) is 12.8 Å². The molecule has 2 rings (SSSR count). The first-order chi connectivity index (χ1) is 4.52. The molecular weight excluding hydrogens is 142 g/mol. The average Bonchev–Trinajstić information content (AvgIpc) is 2.51. The Morgan fingerprint density at radius 1 is 1.50 bits per heavy atom. The third-order valence-electron chi connectivity index (χ3n) is 2.53. The van der Waals surface area contributed by atoms with Gasteiger partial charge in [0.05, 0.1) is 5.41 Å². The molecule has 0 bridgehead atoms. The first-order valence-electron chi connectivity index (χ1n) is 3.13. The summed E-state index contributed by atoms with van der Waals surface area (Å²) in [5.74, 6) is -5.62. The predicted octanol–water partition coefficient (Wildman–Crippen LogP) is 1.12. The van der Waals surface area contributed by atoms with E-state index in [-0.39, 0.29) is 0 Å². The van der Waals surface area contributed by atoms with Gasteiger partial charge in [-0.2, -0.15) is 0 Å². The van der Waals surface area contributed by atoms with Crippen molar-refractivity contribution in [3.05, 3.63) is 0 Å². The molecule has 0 aromatic carbocycles. The Morgan fingerprint density at radius 3 is 2.10 bits per heavy atom. The Bertz CT molecular complexity index is 204. The van der Waals surface area contributed by atoms with E-state index in [0.29, 0.717) is 12.8 Å². The maximum atomic E-state index is 12.5. The van der Waals surface area contributed by atoms with Crippen LogP contribution in [0.25, 0.3) is 0 Å². The largest absolute Gasteiger partial charge is 0.481 e. The predicted molar refractivity (Wildman–Crippen MR) is 27.7 cm³/mol. The van der Waals surface area contributed by atoms with Crippen LogP contribution in [0.15, 0.2) is 0 Å². The third-order valence-corrected chi connectivity index (χ3v) is 2.53. The lowest BCUT2D eigenvalue weighted by Crippen LogP contribution is -2.04. The fourth-order valence-corrected chi connectivity index (χ4v) is 1.66. The van der Waals surface area contributed by atoms with Crippen molar-refractivity contribution >= 4 is 5.97 Å². The van der Waals surface area contributed by atoms with Crippen LogP contribution in [0.1, 0.15) is 12.8 Å². The summed E-state index contributed by atoms with van der Waals surface area (Å²) < 4.78 is 25.0. The van der Waals surface area contributed by atoms with Crippen molar-refractivity contribution in [1.29, 1.82) is 0 Å². The molecule has 1 atom stereocenters.